The summed E-state index contributed by atoms with van der Waals surface area (Å²) in [6, 6.07) is -3.18. The van der Waals surface area contributed by atoms with E-state index < -0.39 is 59.0 Å². The van der Waals surface area contributed by atoms with Crippen LogP contribution in [0.25, 0.3) is 0 Å². The molecule has 0 unspecified atom stereocenters. The molecule has 0 aliphatic rings. The van der Waals surface area contributed by atoms with Gasteiger partial charge in [0.1, 0.15) is 29.8 Å². The Kier molecular flexibility index (Phi) is 12.4. The first kappa shape index (κ1) is 32.3. The molecule has 3 atom stereocenters. The van der Waals surface area contributed by atoms with Crippen LogP contribution in [0.5, 0.6) is 0 Å². The van der Waals surface area contributed by atoms with Crippen LogP contribution in [0, 0.1) is 11.8 Å². The number of hydrogen-bond acceptors (Lipinski definition) is 8. The molecule has 0 rings (SSSR count). The molecule has 0 saturated heterocycles. The number of ether oxygens (including phenoxy) is 2. The SMILES string of the molecule is CC(C)[C@H](NC(=O)[C@@H](NC(=O)[C@@H](N)CC(=O)OC(C)(C)C)C(C)C)C(=O)NCC(=O)OC(C)(C)C. The molecule has 11 heteroatoms. The molecular formula is C24H44N4O7. The highest BCUT2D eigenvalue weighted by Gasteiger charge is 2.32. The summed E-state index contributed by atoms with van der Waals surface area (Å²) < 4.78 is 10.3. The van der Waals surface area contributed by atoms with Crippen LogP contribution in [-0.4, -0.2) is 65.5 Å². The van der Waals surface area contributed by atoms with Gasteiger partial charge in [-0.05, 0) is 53.4 Å². The zero-order valence-electron chi connectivity index (χ0n) is 22.7. The molecule has 0 aromatic heterocycles. The van der Waals surface area contributed by atoms with E-state index in [4.69, 9.17) is 15.2 Å². The third kappa shape index (κ3) is 13.7. The van der Waals surface area contributed by atoms with Gasteiger partial charge in [-0.15, -0.1) is 0 Å². The maximum absolute atomic E-state index is 13.0. The number of amides is 3. The van der Waals surface area contributed by atoms with Crippen molar-refractivity contribution < 1.29 is 33.4 Å². The van der Waals surface area contributed by atoms with E-state index >= 15 is 0 Å². The van der Waals surface area contributed by atoms with Crippen molar-refractivity contribution in [2.45, 2.75) is 105 Å². The van der Waals surface area contributed by atoms with Crippen LogP contribution in [0.15, 0.2) is 0 Å². The fraction of sp³-hybridized carbons (Fsp3) is 0.792. The second-order valence-corrected chi connectivity index (χ2v) is 11.2. The highest BCUT2D eigenvalue weighted by molar-refractivity contribution is 5.94. The zero-order valence-corrected chi connectivity index (χ0v) is 22.7. The van der Waals surface area contributed by atoms with E-state index in [1.54, 1.807) is 69.2 Å². The zero-order chi connectivity index (χ0) is 27.7. The average Bonchev–Trinajstić information content (AvgIpc) is 2.64. The number of carbonyl (C=O) groups is 5. The third-order valence-corrected chi connectivity index (χ3v) is 4.46. The summed E-state index contributed by atoms with van der Waals surface area (Å²) in [5.41, 5.74) is 4.43. The summed E-state index contributed by atoms with van der Waals surface area (Å²) in [7, 11) is 0. The minimum atomic E-state index is -1.21. The van der Waals surface area contributed by atoms with Crippen molar-refractivity contribution in [2.24, 2.45) is 17.6 Å². The maximum atomic E-state index is 13.0. The Bertz CT molecular complexity index is 767. The first-order valence-corrected chi connectivity index (χ1v) is 11.8. The Hall–Kier alpha value is -2.69. The van der Waals surface area contributed by atoms with Crippen LogP contribution in [-0.2, 0) is 33.4 Å². The highest BCUT2D eigenvalue weighted by atomic mass is 16.6. The van der Waals surface area contributed by atoms with E-state index in [0.717, 1.165) is 0 Å². The van der Waals surface area contributed by atoms with E-state index in [-0.39, 0.29) is 24.8 Å². The molecular weight excluding hydrogens is 456 g/mol. The molecule has 0 fully saturated rings. The summed E-state index contributed by atoms with van der Waals surface area (Å²) in [6.07, 6.45) is -0.350. The largest absolute Gasteiger partial charge is 0.460 e. The van der Waals surface area contributed by atoms with Gasteiger partial charge in [0.2, 0.25) is 17.7 Å². The lowest BCUT2D eigenvalue weighted by Gasteiger charge is -2.28. The smallest absolute Gasteiger partial charge is 0.325 e. The molecule has 5 N–H and O–H groups in total. The molecule has 0 saturated carbocycles. The van der Waals surface area contributed by atoms with Gasteiger partial charge in [0.05, 0.1) is 12.5 Å². The normalized spacial score (nSPS) is 14.5. The first-order chi connectivity index (χ1) is 15.7. The van der Waals surface area contributed by atoms with E-state index in [1.807, 2.05) is 0 Å². The van der Waals surface area contributed by atoms with Crippen molar-refractivity contribution in [2.75, 3.05) is 6.54 Å². The second kappa shape index (κ2) is 13.4. The van der Waals surface area contributed by atoms with Gasteiger partial charge < -0.3 is 31.2 Å². The fourth-order valence-corrected chi connectivity index (χ4v) is 2.88. The van der Waals surface area contributed by atoms with Crippen molar-refractivity contribution in [3.05, 3.63) is 0 Å². The van der Waals surface area contributed by atoms with Crippen molar-refractivity contribution in [3.8, 4) is 0 Å². The summed E-state index contributed by atoms with van der Waals surface area (Å²) in [4.78, 5) is 62.0. The van der Waals surface area contributed by atoms with Gasteiger partial charge in [0, 0.05) is 0 Å². The molecule has 11 nitrogen and oxygen atoms in total. The van der Waals surface area contributed by atoms with Gasteiger partial charge in [0.25, 0.3) is 0 Å². The van der Waals surface area contributed by atoms with E-state index in [1.165, 1.54) is 0 Å². The van der Waals surface area contributed by atoms with Gasteiger partial charge in [-0.1, -0.05) is 27.7 Å². The monoisotopic (exact) mass is 500 g/mol. The van der Waals surface area contributed by atoms with Crippen LogP contribution < -0.4 is 21.7 Å². The second-order valence-electron chi connectivity index (χ2n) is 11.2. The van der Waals surface area contributed by atoms with Crippen LogP contribution in [0.3, 0.4) is 0 Å². The van der Waals surface area contributed by atoms with Crippen LogP contribution in [0.4, 0.5) is 0 Å². The molecule has 0 aliphatic carbocycles. The molecule has 0 spiro atoms. The summed E-state index contributed by atoms with van der Waals surface area (Å²) in [5.74, 6) is -3.74. The molecule has 0 aromatic rings. The van der Waals surface area contributed by atoms with Crippen LogP contribution >= 0.6 is 0 Å². The van der Waals surface area contributed by atoms with Gasteiger partial charge in [-0.3, -0.25) is 24.0 Å². The summed E-state index contributed by atoms with van der Waals surface area (Å²) in [5, 5.41) is 7.66. The molecule has 0 aliphatic heterocycles. The molecule has 0 radical (unpaired) electrons. The lowest BCUT2D eigenvalue weighted by Crippen LogP contribution is -2.58. The molecule has 3 amide bonds. The minimum Gasteiger partial charge on any atom is -0.460 e. The van der Waals surface area contributed by atoms with Gasteiger partial charge in [-0.2, -0.15) is 0 Å². The molecule has 35 heavy (non-hydrogen) atoms. The van der Waals surface area contributed by atoms with Gasteiger partial charge in [0.15, 0.2) is 0 Å². The number of rotatable bonds is 11. The van der Waals surface area contributed by atoms with E-state index in [9.17, 15) is 24.0 Å². The van der Waals surface area contributed by atoms with Gasteiger partial charge in [-0.25, -0.2) is 0 Å². The highest BCUT2D eigenvalue weighted by Crippen LogP contribution is 2.11. The molecule has 0 heterocycles. The van der Waals surface area contributed by atoms with E-state index in [0.29, 0.717) is 0 Å². The lowest BCUT2D eigenvalue weighted by molar-refractivity contribution is -0.156. The topological polar surface area (TPSA) is 166 Å². The number of nitrogens with two attached hydrogens (primary N) is 1. The summed E-state index contributed by atoms with van der Waals surface area (Å²) >= 11 is 0. The summed E-state index contributed by atoms with van der Waals surface area (Å²) in [6.45, 7) is 16.8. The fourth-order valence-electron chi connectivity index (χ4n) is 2.88. The Labute approximate surface area is 208 Å². The van der Waals surface area contributed by atoms with Crippen molar-refractivity contribution in [1.82, 2.24) is 16.0 Å². The van der Waals surface area contributed by atoms with Crippen LogP contribution in [0.1, 0.15) is 75.7 Å². The predicted octanol–water partition coefficient (Wildman–Crippen LogP) is 0.785. The quantitative estimate of drug-likeness (QED) is 0.302. The Balaban J connectivity index is 5.17. The predicted molar refractivity (Wildman–Crippen MR) is 131 cm³/mol. The Morgan fingerprint density at radius 1 is 0.686 bits per heavy atom. The minimum absolute atomic E-state index is 0.310. The number of hydrogen-bond donors (Lipinski definition) is 4. The molecule has 0 aromatic carbocycles. The van der Waals surface area contributed by atoms with Crippen molar-refractivity contribution >= 4 is 29.7 Å². The number of nitrogens with one attached hydrogen (secondary N) is 3. The Morgan fingerprint density at radius 3 is 1.51 bits per heavy atom. The van der Waals surface area contributed by atoms with Crippen LogP contribution in [0.2, 0.25) is 0 Å². The lowest BCUT2D eigenvalue weighted by atomic mass is 9.99. The number of carbonyl (C=O) groups excluding carboxylic acids is 5. The third-order valence-electron chi connectivity index (χ3n) is 4.46. The van der Waals surface area contributed by atoms with E-state index in [2.05, 4.69) is 16.0 Å². The average molecular weight is 501 g/mol. The maximum Gasteiger partial charge on any atom is 0.325 e. The standard InChI is InChI=1S/C24H44N4O7/c1-13(2)18(21(32)26-12-17(30)35-24(8,9)10)28-22(33)19(14(3)4)27-20(31)15(25)11-16(29)34-23(5,6)7/h13-15,18-19H,11-12,25H2,1-10H3,(H,26,32)(H,27,31)(H,28,33)/t15-,18-,19-/m0/s1. The molecule has 0 bridgehead atoms. The van der Waals surface area contributed by atoms with Gasteiger partial charge >= 0.3 is 11.9 Å². The Morgan fingerprint density at radius 2 is 1.09 bits per heavy atom. The van der Waals surface area contributed by atoms with Crippen molar-refractivity contribution in [3.63, 3.8) is 0 Å². The first-order valence-electron chi connectivity index (χ1n) is 11.8. The van der Waals surface area contributed by atoms with Crippen molar-refractivity contribution in [1.29, 1.82) is 0 Å². The number of esters is 2. The molecule has 202 valence electrons.